The number of oxime groups is 1. The van der Waals surface area contributed by atoms with Gasteiger partial charge in [-0.25, -0.2) is 4.79 Å². The fraction of sp³-hybridized carbons (Fsp3) is 0.400. The van der Waals surface area contributed by atoms with Crippen molar-refractivity contribution in [1.82, 2.24) is 0 Å². The number of primary amides is 1. The van der Waals surface area contributed by atoms with Crippen molar-refractivity contribution >= 4 is 23.4 Å². The van der Waals surface area contributed by atoms with Gasteiger partial charge in [-0.05, 0) is 25.5 Å². The average Bonchev–Trinajstić information content (AvgIpc) is 2.66. The van der Waals surface area contributed by atoms with Crippen LogP contribution < -0.4 is 5.73 Å². The lowest BCUT2D eigenvalue weighted by atomic mass is 9.84. The molecule has 2 rings (SSSR count). The van der Waals surface area contributed by atoms with Gasteiger partial charge in [0.2, 0.25) is 5.91 Å². The van der Waals surface area contributed by atoms with Gasteiger partial charge in [0, 0.05) is 12.8 Å². The summed E-state index contributed by atoms with van der Waals surface area (Å²) in [6.45, 7) is 4.07. The van der Waals surface area contributed by atoms with E-state index in [1.54, 1.807) is 37.3 Å². The molecule has 0 aliphatic heterocycles. The highest BCUT2D eigenvalue weighted by Gasteiger charge is 2.35. The molecule has 7 nitrogen and oxygen atoms in total. The first kappa shape index (κ1) is 20.4. The molecule has 1 aliphatic carbocycles. The molecular formula is C20H24N2O5. The van der Waals surface area contributed by atoms with Crippen molar-refractivity contribution in [2.75, 3.05) is 6.61 Å². The Labute approximate surface area is 158 Å². The van der Waals surface area contributed by atoms with Crippen LogP contribution in [0.4, 0.5) is 0 Å². The Morgan fingerprint density at radius 1 is 1.19 bits per heavy atom. The number of rotatable bonds is 8. The Hall–Kier alpha value is -2.96. The fourth-order valence-electron chi connectivity index (χ4n) is 2.84. The van der Waals surface area contributed by atoms with Gasteiger partial charge in [0.1, 0.15) is 12.4 Å². The Balaban J connectivity index is 2.44. The van der Waals surface area contributed by atoms with Crippen LogP contribution in [0.5, 0.6) is 0 Å². The maximum absolute atomic E-state index is 12.7. The second-order valence-corrected chi connectivity index (χ2v) is 6.19. The number of carbonyl (C=O) groups is 3. The number of ketones is 1. The monoisotopic (exact) mass is 372 g/mol. The first-order valence-corrected chi connectivity index (χ1v) is 8.99. The van der Waals surface area contributed by atoms with Crippen LogP contribution in [0.25, 0.3) is 0 Å². The van der Waals surface area contributed by atoms with Gasteiger partial charge in [0.25, 0.3) is 0 Å². The molecule has 0 saturated carbocycles. The van der Waals surface area contributed by atoms with Crippen molar-refractivity contribution in [3.8, 4) is 0 Å². The smallest absolute Gasteiger partial charge is 0.343 e. The van der Waals surface area contributed by atoms with E-state index in [0.717, 1.165) is 6.42 Å². The number of hydrogen-bond donors (Lipinski definition) is 1. The van der Waals surface area contributed by atoms with Gasteiger partial charge in [0.05, 0.1) is 22.8 Å². The van der Waals surface area contributed by atoms with Crippen LogP contribution in [0.3, 0.4) is 0 Å². The molecule has 0 bridgehead atoms. The number of nitrogens with zero attached hydrogens (tertiary/aromatic N) is 1. The summed E-state index contributed by atoms with van der Waals surface area (Å²) in [4.78, 5) is 42.0. The summed E-state index contributed by atoms with van der Waals surface area (Å²) in [5.74, 6) is -2.12. The summed E-state index contributed by atoms with van der Waals surface area (Å²) >= 11 is 0. The molecule has 0 fully saturated rings. The molecule has 2 N–H and O–H groups in total. The first-order chi connectivity index (χ1) is 13.0. The number of esters is 1. The Morgan fingerprint density at radius 2 is 1.89 bits per heavy atom. The fourth-order valence-corrected chi connectivity index (χ4v) is 2.84. The van der Waals surface area contributed by atoms with E-state index in [2.05, 4.69) is 5.16 Å². The lowest BCUT2D eigenvalue weighted by molar-refractivity contribution is -0.126. The van der Waals surface area contributed by atoms with E-state index < -0.39 is 17.8 Å². The van der Waals surface area contributed by atoms with E-state index in [9.17, 15) is 14.4 Å². The first-order valence-electron chi connectivity index (χ1n) is 8.99. The van der Waals surface area contributed by atoms with Gasteiger partial charge < -0.3 is 15.3 Å². The maximum Gasteiger partial charge on any atom is 0.343 e. The number of Topliss-reactive ketones (excluding diaryl/α,β-unsaturated/α-hetero) is 1. The molecule has 0 radical (unpaired) electrons. The lowest BCUT2D eigenvalue weighted by Crippen LogP contribution is -2.33. The second-order valence-electron chi connectivity index (χ2n) is 6.19. The Kier molecular flexibility index (Phi) is 7.28. The van der Waals surface area contributed by atoms with Crippen LogP contribution in [0.2, 0.25) is 0 Å². The Morgan fingerprint density at radius 3 is 2.48 bits per heavy atom. The highest BCUT2D eigenvalue weighted by molar-refractivity contribution is 6.23. The molecule has 0 aromatic heterocycles. The zero-order valence-electron chi connectivity index (χ0n) is 15.6. The number of hydrogen-bond acceptors (Lipinski definition) is 6. The van der Waals surface area contributed by atoms with Crippen LogP contribution in [-0.4, -0.2) is 30.0 Å². The van der Waals surface area contributed by atoms with Gasteiger partial charge in [0.15, 0.2) is 5.78 Å². The van der Waals surface area contributed by atoms with E-state index in [4.69, 9.17) is 15.3 Å². The van der Waals surface area contributed by atoms with Crippen molar-refractivity contribution in [2.45, 2.75) is 39.5 Å². The summed E-state index contributed by atoms with van der Waals surface area (Å²) in [6, 6.07) is 8.43. The quantitative estimate of drug-likeness (QED) is 0.429. The van der Waals surface area contributed by atoms with Gasteiger partial charge in [-0.15, -0.1) is 0 Å². The predicted octanol–water partition coefficient (Wildman–Crippen LogP) is 2.75. The third-order valence-corrected chi connectivity index (χ3v) is 4.13. The van der Waals surface area contributed by atoms with Crippen molar-refractivity contribution < 1.29 is 24.0 Å². The average molecular weight is 372 g/mol. The Bertz CT molecular complexity index is 768. The highest BCUT2D eigenvalue weighted by atomic mass is 16.6. The van der Waals surface area contributed by atoms with Crippen molar-refractivity contribution in [1.29, 1.82) is 0 Å². The molecule has 1 aromatic carbocycles. The molecule has 1 atom stereocenters. The molecule has 0 spiro atoms. The lowest BCUT2D eigenvalue weighted by Gasteiger charge is -2.24. The number of benzene rings is 1. The van der Waals surface area contributed by atoms with E-state index >= 15 is 0 Å². The standard InChI is InChI=1S/C20H24N2O5/c1-3-8-15(22-26-4-2)18-16(23)11-14(19(21)24)12-17(18)27-20(25)13-9-6-5-7-10-13/h5-7,9-10,14H,3-4,8,11-12H2,1-2H3,(H2,21,24). The summed E-state index contributed by atoms with van der Waals surface area (Å²) in [7, 11) is 0. The van der Waals surface area contributed by atoms with Crippen LogP contribution >= 0.6 is 0 Å². The zero-order valence-corrected chi connectivity index (χ0v) is 15.6. The van der Waals surface area contributed by atoms with E-state index in [1.165, 1.54) is 0 Å². The van der Waals surface area contributed by atoms with Gasteiger partial charge >= 0.3 is 5.97 Å². The molecule has 1 aromatic rings. The minimum Gasteiger partial charge on any atom is -0.427 e. The third-order valence-electron chi connectivity index (χ3n) is 4.13. The molecular weight excluding hydrogens is 348 g/mol. The van der Waals surface area contributed by atoms with Crippen molar-refractivity contribution in [2.24, 2.45) is 16.8 Å². The molecule has 0 saturated heterocycles. The molecule has 1 amide bonds. The summed E-state index contributed by atoms with van der Waals surface area (Å²) < 4.78 is 5.52. The number of allylic oxidation sites excluding steroid dienone is 2. The topological polar surface area (TPSA) is 108 Å². The summed E-state index contributed by atoms with van der Waals surface area (Å²) in [5.41, 5.74) is 6.36. The molecule has 1 unspecified atom stereocenters. The van der Waals surface area contributed by atoms with E-state index in [-0.39, 0.29) is 30.0 Å². The minimum atomic E-state index is -0.713. The SMILES string of the molecule is CCCC(=NOCC)C1=C(OC(=O)c2ccccc2)CC(C(N)=O)CC1=O. The molecule has 7 heteroatoms. The third kappa shape index (κ3) is 5.26. The van der Waals surface area contributed by atoms with Gasteiger partial charge in [-0.3, -0.25) is 9.59 Å². The molecule has 27 heavy (non-hydrogen) atoms. The predicted molar refractivity (Wildman–Crippen MR) is 99.8 cm³/mol. The summed E-state index contributed by atoms with van der Waals surface area (Å²) in [6.07, 6.45) is 1.24. The van der Waals surface area contributed by atoms with Gasteiger partial charge in [-0.1, -0.05) is 36.7 Å². The number of nitrogens with two attached hydrogens (primary N) is 1. The van der Waals surface area contributed by atoms with Crippen molar-refractivity contribution in [3.05, 3.63) is 47.2 Å². The summed E-state index contributed by atoms with van der Waals surface area (Å²) in [5, 5.41) is 4.04. The van der Waals surface area contributed by atoms with Crippen molar-refractivity contribution in [3.63, 3.8) is 0 Å². The van der Waals surface area contributed by atoms with Crippen LogP contribution in [0.15, 0.2) is 46.8 Å². The molecule has 1 aliphatic rings. The minimum absolute atomic E-state index is 0.0358. The van der Waals surface area contributed by atoms with Gasteiger partial charge in [-0.2, -0.15) is 0 Å². The van der Waals surface area contributed by atoms with E-state index in [0.29, 0.717) is 24.3 Å². The van der Waals surface area contributed by atoms with Crippen LogP contribution in [0.1, 0.15) is 49.9 Å². The van der Waals surface area contributed by atoms with Crippen LogP contribution in [-0.2, 0) is 19.2 Å². The van der Waals surface area contributed by atoms with Crippen LogP contribution in [0, 0.1) is 5.92 Å². The number of ether oxygens (including phenoxy) is 1. The molecule has 0 heterocycles. The number of amides is 1. The largest absolute Gasteiger partial charge is 0.427 e. The normalized spacial score (nSPS) is 17.6. The van der Waals surface area contributed by atoms with E-state index in [1.807, 2.05) is 6.92 Å². The second kappa shape index (κ2) is 9.66. The zero-order chi connectivity index (χ0) is 19.8. The number of carbonyl (C=O) groups excluding carboxylic acids is 3. The molecule has 144 valence electrons. The maximum atomic E-state index is 12.7. The highest BCUT2D eigenvalue weighted by Crippen LogP contribution is 2.30.